The summed E-state index contributed by atoms with van der Waals surface area (Å²) in [4.78, 5) is 26.3. The number of halogens is 2. The van der Waals surface area contributed by atoms with Crippen molar-refractivity contribution >= 4 is 29.2 Å². The number of benzene rings is 1. The lowest BCUT2D eigenvalue weighted by Gasteiger charge is -2.06. The van der Waals surface area contributed by atoms with Crippen LogP contribution in [0.3, 0.4) is 0 Å². The predicted molar refractivity (Wildman–Crippen MR) is 70.6 cm³/mol. The van der Waals surface area contributed by atoms with Crippen molar-refractivity contribution in [3.05, 3.63) is 58.6 Å². The minimum atomic E-state index is -1.18. The molecule has 20 heavy (non-hydrogen) atoms. The number of carboxylic acids is 1. The maximum atomic E-state index is 13.5. The second kappa shape index (κ2) is 5.66. The van der Waals surface area contributed by atoms with Crippen molar-refractivity contribution in [2.75, 3.05) is 5.32 Å². The number of pyridine rings is 1. The number of carbonyl (C=O) groups is 2. The lowest BCUT2D eigenvalue weighted by Crippen LogP contribution is -2.14. The van der Waals surface area contributed by atoms with Crippen LogP contribution in [0.15, 0.2) is 36.7 Å². The molecule has 0 aliphatic rings. The molecular formula is C13H8ClFN2O3. The van der Waals surface area contributed by atoms with Gasteiger partial charge < -0.3 is 10.4 Å². The van der Waals surface area contributed by atoms with Crippen LogP contribution in [0.5, 0.6) is 0 Å². The lowest BCUT2D eigenvalue weighted by molar-refractivity contribution is 0.0696. The Balaban J connectivity index is 2.25. The molecule has 0 bridgehead atoms. The SMILES string of the molecule is O=C(O)c1cncc(NC(=O)c2cc(Cl)ccc2F)c1. The Morgan fingerprint density at radius 1 is 1.25 bits per heavy atom. The number of aromatic carboxylic acids is 1. The van der Waals surface area contributed by atoms with E-state index < -0.39 is 17.7 Å². The molecule has 1 amide bonds. The van der Waals surface area contributed by atoms with E-state index in [0.717, 1.165) is 12.3 Å². The van der Waals surface area contributed by atoms with Gasteiger partial charge in [-0.15, -0.1) is 0 Å². The van der Waals surface area contributed by atoms with E-state index in [1.54, 1.807) is 0 Å². The smallest absolute Gasteiger partial charge is 0.337 e. The summed E-state index contributed by atoms with van der Waals surface area (Å²) in [6.45, 7) is 0. The Labute approximate surface area is 118 Å². The second-order valence-electron chi connectivity index (χ2n) is 3.85. The van der Waals surface area contributed by atoms with Crippen LogP contribution in [0.4, 0.5) is 10.1 Å². The van der Waals surface area contributed by atoms with Crippen molar-refractivity contribution in [3.8, 4) is 0 Å². The average Bonchev–Trinajstić information content (AvgIpc) is 2.41. The number of hydrogen-bond acceptors (Lipinski definition) is 3. The summed E-state index contributed by atoms with van der Waals surface area (Å²) in [5.74, 6) is -2.65. The third-order valence-corrected chi connectivity index (χ3v) is 2.65. The summed E-state index contributed by atoms with van der Waals surface area (Å²) in [6.07, 6.45) is 2.39. The van der Waals surface area contributed by atoms with Gasteiger partial charge >= 0.3 is 5.97 Å². The Morgan fingerprint density at radius 3 is 2.70 bits per heavy atom. The highest BCUT2D eigenvalue weighted by atomic mass is 35.5. The molecule has 0 atom stereocenters. The van der Waals surface area contributed by atoms with Crippen molar-refractivity contribution in [1.82, 2.24) is 4.98 Å². The number of carboxylic acid groups (broad SMARTS) is 1. The number of nitrogens with one attached hydrogen (secondary N) is 1. The van der Waals surface area contributed by atoms with Crippen LogP contribution in [-0.2, 0) is 0 Å². The van der Waals surface area contributed by atoms with E-state index in [2.05, 4.69) is 10.3 Å². The van der Waals surface area contributed by atoms with Crippen molar-refractivity contribution in [1.29, 1.82) is 0 Å². The summed E-state index contributed by atoms with van der Waals surface area (Å²) in [7, 11) is 0. The highest BCUT2D eigenvalue weighted by Crippen LogP contribution is 2.17. The monoisotopic (exact) mass is 294 g/mol. The summed E-state index contributed by atoms with van der Waals surface area (Å²) < 4.78 is 13.5. The predicted octanol–water partition coefficient (Wildman–Crippen LogP) is 2.82. The van der Waals surface area contributed by atoms with Gasteiger partial charge in [0.25, 0.3) is 5.91 Å². The van der Waals surface area contributed by atoms with Gasteiger partial charge in [-0.3, -0.25) is 9.78 Å². The molecule has 0 radical (unpaired) electrons. The molecule has 2 N–H and O–H groups in total. The molecule has 1 aromatic heterocycles. The Morgan fingerprint density at radius 2 is 2.00 bits per heavy atom. The third-order valence-electron chi connectivity index (χ3n) is 2.42. The summed E-state index contributed by atoms with van der Waals surface area (Å²) in [5, 5.41) is 11.4. The van der Waals surface area contributed by atoms with Crippen molar-refractivity contribution in [3.63, 3.8) is 0 Å². The largest absolute Gasteiger partial charge is 0.478 e. The van der Waals surface area contributed by atoms with Crippen LogP contribution < -0.4 is 5.32 Å². The molecule has 0 unspecified atom stereocenters. The minimum Gasteiger partial charge on any atom is -0.478 e. The second-order valence-corrected chi connectivity index (χ2v) is 4.28. The van der Waals surface area contributed by atoms with E-state index in [1.165, 1.54) is 24.4 Å². The zero-order chi connectivity index (χ0) is 14.7. The van der Waals surface area contributed by atoms with E-state index in [-0.39, 0.29) is 21.8 Å². The molecule has 0 fully saturated rings. The van der Waals surface area contributed by atoms with Gasteiger partial charge in [-0.1, -0.05) is 11.6 Å². The molecule has 7 heteroatoms. The van der Waals surface area contributed by atoms with E-state index in [4.69, 9.17) is 16.7 Å². The molecule has 0 aliphatic heterocycles. The molecule has 2 rings (SSSR count). The quantitative estimate of drug-likeness (QED) is 0.912. The standard InChI is InChI=1S/C13H8ClFN2O3/c14-8-1-2-11(15)10(4-8)12(18)17-9-3-7(13(19)20)5-16-6-9/h1-6H,(H,17,18)(H,19,20). The van der Waals surface area contributed by atoms with Crippen molar-refractivity contribution in [2.45, 2.75) is 0 Å². The normalized spacial score (nSPS) is 10.1. The van der Waals surface area contributed by atoms with Crippen LogP contribution in [0.25, 0.3) is 0 Å². The van der Waals surface area contributed by atoms with Crippen LogP contribution in [0, 0.1) is 5.82 Å². The molecule has 2 aromatic rings. The van der Waals surface area contributed by atoms with E-state index in [1.807, 2.05) is 0 Å². The molecule has 102 valence electrons. The Bertz CT molecular complexity index is 691. The fraction of sp³-hybridized carbons (Fsp3) is 0. The first-order valence-corrected chi connectivity index (χ1v) is 5.80. The van der Waals surface area contributed by atoms with Crippen LogP contribution in [-0.4, -0.2) is 22.0 Å². The van der Waals surface area contributed by atoms with Gasteiger partial charge in [0.05, 0.1) is 23.0 Å². The summed E-state index contributed by atoms with van der Waals surface area (Å²) >= 11 is 5.69. The zero-order valence-electron chi connectivity index (χ0n) is 9.93. The first-order chi connectivity index (χ1) is 9.47. The molecule has 1 heterocycles. The van der Waals surface area contributed by atoms with Gasteiger partial charge in [-0.25, -0.2) is 9.18 Å². The Hall–Kier alpha value is -2.47. The molecule has 0 spiro atoms. The average molecular weight is 295 g/mol. The van der Waals surface area contributed by atoms with E-state index >= 15 is 0 Å². The topological polar surface area (TPSA) is 79.3 Å². The molecule has 1 aromatic carbocycles. The van der Waals surface area contributed by atoms with Gasteiger partial charge in [-0.2, -0.15) is 0 Å². The summed E-state index contributed by atoms with van der Waals surface area (Å²) in [5.41, 5.74) is -0.179. The highest BCUT2D eigenvalue weighted by Gasteiger charge is 2.13. The van der Waals surface area contributed by atoms with Crippen LogP contribution in [0.1, 0.15) is 20.7 Å². The highest BCUT2D eigenvalue weighted by molar-refractivity contribution is 6.31. The van der Waals surface area contributed by atoms with E-state index in [0.29, 0.717) is 0 Å². The number of aromatic nitrogens is 1. The van der Waals surface area contributed by atoms with Gasteiger partial charge in [0.15, 0.2) is 0 Å². The molecular weight excluding hydrogens is 287 g/mol. The number of anilines is 1. The van der Waals surface area contributed by atoms with Crippen molar-refractivity contribution < 1.29 is 19.1 Å². The molecule has 0 aliphatic carbocycles. The Kier molecular flexibility index (Phi) is 3.95. The molecule has 0 saturated heterocycles. The molecule has 5 nitrogen and oxygen atoms in total. The fourth-order valence-electron chi connectivity index (χ4n) is 1.50. The lowest BCUT2D eigenvalue weighted by atomic mass is 10.2. The minimum absolute atomic E-state index is 0.0885. The maximum absolute atomic E-state index is 13.5. The molecule has 0 saturated carbocycles. The van der Waals surface area contributed by atoms with Gasteiger partial charge in [0.2, 0.25) is 0 Å². The summed E-state index contributed by atoms with van der Waals surface area (Å²) in [6, 6.07) is 4.79. The first kappa shape index (κ1) is 14.0. The zero-order valence-corrected chi connectivity index (χ0v) is 10.7. The first-order valence-electron chi connectivity index (χ1n) is 5.42. The van der Waals surface area contributed by atoms with Gasteiger partial charge in [0.1, 0.15) is 5.82 Å². The number of hydrogen-bond donors (Lipinski definition) is 2. The number of rotatable bonds is 3. The van der Waals surface area contributed by atoms with Gasteiger partial charge in [-0.05, 0) is 24.3 Å². The number of nitrogens with zero attached hydrogens (tertiary/aromatic N) is 1. The van der Waals surface area contributed by atoms with E-state index in [9.17, 15) is 14.0 Å². The fourth-order valence-corrected chi connectivity index (χ4v) is 1.67. The van der Waals surface area contributed by atoms with Crippen molar-refractivity contribution in [2.24, 2.45) is 0 Å². The van der Waals surface area contributed by atoms with Gasteiger partial charge in [0, 0.05) is 11.2 Å². The van der Waals surface area contributed by atoms with Crippen LogP contribution in [0.2, 0.25) is 5.02 Å². The maximum Gasteiger partial charge on any atom is 0.337 e. The van der Waals surface area contributed by atoms with Crippen LogP contribution >= 0.6 is 11.6 Å². The number of carbonyl (C=O) groups excluding carboxylic acids is 1. The number of amides is 1. The third kappa shape index (κ3) is 3.10.